The van der Waals surface area contributed by atoms with Crippen LogP contribution in [0.3, 0.4) is 0 Å². The van der Waals surface area contributed by atoms with Gasteiger partial charge in [0, 0.05) is 19.3 Å². The molecule has 0 radical (unpaired) electrons. The molecule has 2 heterocycles. The maximum atomic E-state index is 12.7. The van der Waals surface area contributed by atoms with Crippen molar-refractivity contribution in [1.82, 2.24) is 9.78 Å². The molecule has 0 aliphatic carbocycles. The third-order valence-corrected chi connectivity index (χ3v) is 5.40. The summed E-state index contributed by atoms with van der Waals surface area (Å²) < 4.78 is 28.6. The Morgan fingerprint density at radius 3 is 2.90 bits per heavy atom. The van der Waals surface area contributed by atoms with E-state index in [0.717, 1.165) is 24.1 Å². The monoisotopic (exact) mass is 306 g/mol. The SMILES string of the molecule is NCCCn1cc(S(=O)(=O)N2CCc3ccccc32)cn1. The van der Waals surface area contributed by atoms with Crippen molar-refractivity contribution in [2.75, 3.05) is 17.4 Å². The van der Waals surface area contributed by atoms with Crippen LogP contribution in [0.5, 0.6) is 0 Å². The molecule has 2 aromatic rings. The van der Waals surface area contributed by atoms with E-state index in [-0.39, 0.29) is 4.90 Å². The molecular formula is C14H18N4O2S. The molecule has 1 aromatic carbocycles. The molecule has 0 unspecified atom stereocenters. The Bertz CT molecular complexity index is 739. The first-order valence-corrected chi connectivity index (χ1v) is 8.40. The number of hydrogen-bond donors (Lipinski definition) is 1. The minimum atomic E-state index is -3.54. The lowest BCUT2D eigenvalue weighted by Crippen LogP contribution is -2.28. The quantitative estimate of drug-likeness (QED) is 0.893. The van der Waals surface area contributed by atoms with Crippen LogP contribution in [0.15, 0.2) is 41.6 Å². The van der Waals surface area contributed by atoms with Crippen molar-refractivity contribution in [2.45, 2.75) is 24.3 Å². The maximum Gasteiger partial charge on any atom is 0.267 e. The lowest BCUT2D eigenvalue weighted by atomic mass is 10.2. The molecule has 112 valence electrons. The number of para-hydroxylation sites is 1. The normalized spacial score (nSPS) is 14.4. The zero-order chi connectivity index (χ0) is 14.9. The summed E-state index contributed by atoms with van der Waals surface area (Å²) in [5, 5.41) is 4.10. The van der Waals surface area contributed by atoms with Gasteiger partial charge < -0.3 is 5.73 Å². The second kappa shape index (κ2) is 5.50. The fourth-order valence-electron chi connectivity index (χ4n) is 2.54. The van der Waals surface area contributed by atoms with Crippen LogP contribution in [0.2, 0.25) is 0 Å². The standard InChI is InChI=1S/C14H18N4O2S/c15-7-3-8-17-11-13(10-16-17)21(19,20)18-9-6-12-4-1-2-5-14(12)18/h1-2,4-5,10-11H,3,6-9,15H2. The largest absolute Gasteiger partial charge is 0.330 e. The first-order chi connectivity index (χ1) is 10.1. The van der Waals surface area contributed by atoms with Crippen LogP contribution >= 0.6 is 0 Å². The van der Waals surface area contributed by atoms with Crippen molar-refractivity contribution in [3.05, 3.63) is 42.2 Å². The molecule has 0 saturated carbocycles. The summed E-state index contributed by atoms with van der Waals surface area (Å²) in [6, 6.07) is 7.60. The van der Waals surface area contributed by atoms with E-state index in [9.17, 15) is 8.42 Å². The molecule has 1 aliphatic heterocycles. The first kappa shape index (κ1) is 14.1. The number of aryl methyl sites for hydroxylation is 1. The number of nitrogens with zero attached hydrogens (tertiary/aromatic N) is 3. The van der Waals surface area contributed by atoms with Gasteiger partial charge in [-0.2, -0.15) is 5.10 Å². The number of rotatable bonds is 5. The van der Waals surface area contributed by atoms with E-state index in [4.69, 9.17) is 5.73 Å². The summed E-state index contributed by atoms with van der Waals surface area (Å²) in [6.07, 6.45) is 4.50. The zero-order valence-corrected chi connectivity index (χ0v) is 12.5. The van der Waals surface area contributed by atoms with Gasteiger partial charge in [-0.15, -0.1) is 0 Å². The summed E-state index contributed by atoms with van der Waals surface area (Å²) in [4.78, 5) is 0.233. The van der Waals surface area contributed by atoms with Crippen LogP contribution in [0, 0.1) is 0 Å². The number of nitrogens with two attached hydrogens (primary N) is 1. The van der Waals surface area contributed by atoms with E-state index in [0.29, 0.717) is 19.6 Å². The molecule has 0 atom stereocenters. The van der Waals surface area contributed by atoms with Gasteiger partial charge in [0.15, 0.2) is 0 Å². The molecule has 7 heteroatoms. The Hall–Kier alpha value is -1.86. The molecule has 0 saturated heterocycles. The second-order valence-corrected chi connectivity index (χ2v) is 6.90. The smallest absolute Gasteiger partial charge is 0.267 e. The summed E-state index contributed by atoms with van der Waals surface area (Å²) >= 11 is 0. The maximum absolute atomic E-state index is 12.7. The Morgan fingerprint density at radius 1 is 1.29 bits per heavy atom. The van der Waals surface area contributed by atoms with E-state index in [1.807, 2.05) is 24.3 Å². The van der Waals surface area contributed by atoms with Crippen molar-refractivity contribution in [3.8, 4) is 0 Å². The van der Waals surface area contributed by atoms with Gasteiger partial charge in [0.05, 0.1) is 11.9 Å². The van der Waals surface area contributed by atoms with Gasteiger partial charge >= 0.3 is 0 Å². The topological polar surface area (TPSA) is 81.2 Å². The molecule has 6 nitrogen and oxygen atoms in total. The fraction of sp³-hybridized carbons (Fsp3) is 0.357. The van der Waals surface area contributed by atoms with E-state index in [1.54, 1.807) is 10.9 Å². The Balaban J connectivity index is 1.89. The average molecular weight is 306 g/mol. The van der Waals surface area contributed by atoms with Crippen LogP contribution in [-0.2, 0) is 23.0 Å². The fourth-order valence-corrected chi connectivity index (χ4v) is 4.00. The number of hydrogen-bond acceptors (Lipinski definition) is 4. The van der Waals surface area contributed by atoms with E-state index < -0.39 is 10.0 Å². The summed E-state index contributed by atoms with van der Waals surface area (Å²) in [6.45, 7) is 1.67. The van der Waals surface area contributed by atoms with Crippen molar-refractivity contribution in [3.63, 3.8) is 0 Å². The van der Waals surface area contributed by atoms with Crippen molar-refractivity contribution >= 4 is 15.7 Å². The molecule has 3 rings (SSSR count). The lowest BCUT2D eigenvalue weighted by molar-refractivity contribution is 0.580. The molecule has 0 bridgehead atoms. The predicted molar refractivity (Wildman–Crippen MR) is 80.6 cm³/mol. The number of fused-ring (bicyclic) bond motifs is 1. The number of aromatic nitrogens is 2. The van der Waals surface area contributed by atoms with Crippen LogP contribution in [0.1, 0.15) is 12.0 Å². The zero-order valence-electron chi connectivity index (χ0n) is 11.6. The highest BCUT2D eigenvalue weighted by atomic mass is 32.2. The molecule has 1 aliphatic rings. The van der Waals surface area contributed by atoms with Crippen molar-refractivity contribution in [2.24, 2.45) is 5.73 Å². The lowest BCUT2D eigenvalue weighted by Gasteiger charge is -2.18. The highest BCUT2D eigenvalue weighted by molar-refractivity contribution is 7.92. The van der Waals surface area contributed by atoms with Gasteiger partial charge in [-0.1, -0.05) is 18.2 Å². The van der Waals surface area contributed by atoms with E-state index in [2.05, 4.69) is 5.10 Å². The van der Waals surface area contributed by atoms with Gasteiger partial charge in [-0.25, -0.2) is 8.42 Å². The van der Waals surface area contributed by atoms with Crippen LogP contribution < -0.4 is 10.0 Å². The Labute approximate surface area is 124 Å². The van der Waals surface area contributed by atoms with E-state index >= 15 is 0 Å². The minimum absolute atomic E-state index is 0.233. The average Bonchev–Trinajstić information content (AvgIpc) is 3.12. The molecule has 0 fully saturated rings. The summed E-state index contributed by atoms with van der Waals surface area (Å²) in [5.74, 6) is 0. The number of sulfonamides is 1. The van der Waals surface area contributed by atoms with Crippen LogP contribution in [0.25, 0.3) is 0 Å². The molecule has 1 aromatic heterocycles. The molecule has 0 amide bonds. The van der Waals surface area contributed by atoms with Gasteiger partial charge in [0.25, 0.3) is 10.0 Å². The summed E-state index contributed by atoms with van der Waals surface area (Å²) in [7, 11) is -3.54. The van der Waals surface area contributed by atoms with Crippen LogP contribution in [0.4, 0.5) is 5.69 Å². The highest BCUT2D eigenvalue weighted by Gasteiger charge is 2.31. The third-order valence-electron chi connectivity index (χ3n) is 3.63. The van der Waals surface area contributed by atoms with E-state index in [1.165, 1.54) is 10.5 Å². The van der Waals surface area contributed by atoms with Gasteiger partial charge in [-0.3, -0.25) is 8.99 Å². The highest BCUT2D eigenvalue weighted by Crippen LogP contribution is 2.32. The summed E-state index contributed by atoms with van der Waals surface area (Å²) in [5.41, 5.74) is 7.29. The minimum Gasteiger partial charge on any atom is -0.330 e. The van der Waals surface area contributed by atoms with Crippen molar-refractivity contribution in [1.29, 1.82) is 0 Å². The van der Waals surface area contributed by atoms with Crippen molar-refractivity contribution < 1.29 is 8.42 Å². The third kappa shape index (κ3) is 2.54. The molecular weight excluding hydrogens is 288 g/mol. The van der Waals surface area contributed by atoms with Gasteiger partial charge in [0.1, 0.15) is 4.90 Å². The Morgan fingerprint density at radius 2 is 2.10 bits per heavy atom. The van der Waals surface area contributed by atoms with Crippen LogP contribution in [-0.4, -0.2) is 31.3 Å². The predicted octanol–water partition coefficient (Wildman–Crippen LogP) is 0.983. The number of benzene rings is 1. The van der Waals surface area contributed by atoms with Gasteiger partial charge in [0.2, 0.25) is 0 Å². The van der Waals surface area contributed by atoms with Gasteiger partial charge in [-0.05, 0) is 31.0 Å². The first-order valence-electron chi connectivity index (χ1n) is 6.96. The number of anilines is 1. The second-order valence-electron chi connectivity index (χ2n) is 5.04. The molecule has 0 spiro atoms. The molecule has 2 N–H and O–H groups in total. The molecule has 21 heavy (non-hydrogen) atoms. The Kier molecular flexibility index (Phi) is 3.69.